The Kier molecular flexibility index (Phi) is 7.58. The highest BCUT2D eigenvalue weighted by Crippen LogP contribution is 2.16. The van der Waals surface area contributed by atoms with E-state index in [1.807, 2.05) is 13.0 Å². The van der Waals surface area contributed by atoms with Gasteiger partial charge in [-0.3, -0.25) is 4.79 Å². The quantitative estimate of drug-likeness (QED) is 0.611. The summed E-state index contributed by atoms with van der Waals surface area (Å²) in [6, 6.07) is 5.18. The van der Waals surface area contributed by atoms with Gasteiger partial charge in [-0.25, -0.2) is 17.9 Å². The molecule has 3 N–H and O–H groups in total. The van der Waals surface area contributed by atoms with Crippen molar-refractivity contribution in [3.05, 3.63) is 29.3 Å². The van der Waals surface area contributed by atoms with E-state index < -0.39 is 27.6 Å². The average molecular weight is 385 g/mol. The summed E-state index contributed by atoms with van der Waals surface area (Å²) in [5, 5.41) is 4.84. The number of sulfonamides is 1. The molecule has 0 saturated heterocycles. The molecule has 0 bridgehead atoms. The minimum atomic E-state index is -3.65. The molecule has 1 rings (SSSR count). The summed E-state index contributed by atoms with van der Waals surface area (Å²) in [5.41, 5.74) is 0.846. The summed E-state index contributed by atoms with van der Waals surface area (Å²) in [6.45, 7) is 8.57. The highest BCUT2D eigenvalue weighted by Gasteiger charge is 2.17. The molecule has 0 saturated carbocycles. The van der Waals surface area contributed by atoms with Crippen molar-refractivity contribution in [1.82, 2.24) is 15.4 Å². The van der Waals surface area contributed by atoms with Crippen LogP contribution in [0.15, 0.2) is 23.1 Å². The molecule has 0 aliphatic carbocycles. The second-order valence-electron chi connectivity index (χ2n) is 6.87. The van der Waals surface area contributed by atoms with E-state index in [1.165, 1.54) is 0 Å². The summed E-state index contributed by atoms with van der Waals surface area (Å²) < 4.78 is 32.0. The lowest BCUT2D eigenvalue weighted by molar-refractivity contribution is -0.120. The summed E-state index contributed by atoms with van der Waals surface area (Å²) in [7, 11) is -3.65. The molecule has 0 aromatic heterocycles. The largest absolute Gasteiger partial charge is 0.444 e. The SMILES string of the molecule is Cc1ccc(C)c(S(=O)(=O)NCCNC(=O)CNC(=O)OC(C)(C)C)c1. The van der Waals surface area contributed by atoms with Crippen LogP contribution >= 0.6 is 0 Å². The van der Waals surface area contributed by atoms with Gasteiger partial charge in [0, 0.05) is 13.1 Å². The van der Waals surface area contributed by atoms with Crippen molar-refractivity contribution in [3.63, 3.8) is 0 Å². The van der Waals surface area contributed by atoms with E-state index in [4.69, 9.17) is 4.74 Å². The molecule has 8 nitrogen and oxygen atoms in total. The van der Waals surface area contributed by atoms with Crippen molar-refractivity contribution in [2.45, 2.75) is 45.1 Å². The van der Waals surface area contributed by atoms with E-state index in [0.717, 1.165) is 5.56 Å². The molecular formula is C17H27N3O5S. The van der Waals surface area contributed by atoms with Crippen molar-refractivity contribution in [2.75, 3.05) is 19.6 Å². The molecule has 0 aliphatic heterocycles. The van der Waals surface area contributed by atoms with Crippen LogP contribution in [0.5, 0.6) is 0 Å². The van der Waals surface area contributed by atoms with Crippen LogP contribution in [0.2, 0.25) is 0 Å². The highest BCUT2D eigenvalue weighted by molar-refractivity contribution is 7.89. The Morgan fingerprint density at radius 2 is 1.73 bits per heavy atom. The van der Waals surface area contributed by atoms with Gasteiger partial charge in [-0.15, -0.1) is 0 Å². The maximum absolute atomic E-state index is 12.3. The number of hydrogen-bond donors (Lipinski definition) is 3. The molecule has 1 aromatic rings. The molecule has 9 heteroatoms. The van der Waals surface area contributed by atoms with Gasteiger partial charge in [-0.2, -0.15) is 0 Å². The van der Waals surface area contributed by atoms with E-state index in [0.29, 0.717) is 5.56 Å². The van der Waals surface area contributed by atoms with Crippen LogP contribution in [0.3, 0.4) is 0 Å². The number of carbonyl (C=O) groups is 2. The Morgan fingerprint density at radius 3 is 2.35 bits per heavy atom. The van der Waals surface area contributed by atoms with Crippen molar-refractivity contribution in [2.24, 2.45) is 0 Å². The number of hydrogen-bond acceptors (Lipinski definition) is 5. The first-order valence-corrected chi connectivity index (χ1v) is 9.69. The predicted octanol–water partition coefficient (Wildman–Crippen LogP) is 1.22. The lowest BCUT2D eigenvalue weighted by atomic mass is 10.2. The molecule has 0 heterocycles. The van der Waals surface area contributed by atoms with Gasteiger partial charge in [0.25, 0.3) is 0 Å². The first kappa shape index (κ1) is 21.9. The molecule has 2 amide bonds. The van der Waals surface area contributed by atoms with Crippen LogP contribution in [0.25, 0.3) is 0 Å². The zero-order valence-electron chi connectivity index (χ0n) is 15.8. The number of nitrogens with one attached hydrogen (secondary N) is 3. The van der Waals surface area contributed by atoms with Crippen molar-refractivity contribution < 1.29 is 22.7 Å². The number of amides is 2. The Labute approximate surface area is 154 Å². The molecule has 146 valence electrons. The molecule has 0 radical (unpaired) electrons. The van der Waals surface area contributed by atoms with Crippen LogP contribution in [0.4, 0.5) is 4.79 Å². The molecule has 26 heavy (non-hydrogen) atoms. The van der Waals surface area contributed by atoms with Gasteiger partial charge in [-0.1, -0.05) is 12.1 Å². The standard InChI is InChI=1S/C17H27N3O5S/c1-12-6-7-13(2)14(10-12)26(23,24)20-9-8-18-15(21)11-19-16(22)25-17(3,4)5/h6-7,10,20H,8-9,11H2,1-5H3,(H,18,21)(H,19,22). The monoisotopic (exact) mass is 385 g/mol. The van der Waals surface area contributed by atoms with Gasteiger partial charge in [0.2, 0.25) is 15.9 Å². The normalized spacial score (nSPS) is 11.7. The maximum Gasteiger partial charge on any atom is 0.408 e. The second-order valence-corrected chi connectivity index (χ2v) is 8.61. The summed E-state index contributed by atoms with van der Waals surface area (Å²) >= 11 is 0. The zero-order chi connectivity index (χ0) is 20.0. The third kappa shape index (κ3) is 7.83. The number of carbonyl (C=O) groups excluding carboxylic acids is 2. The molecule has 0 atom stereocenters. The van der Waals surface area contributed by atoms with E-state index in [-0.39, 0.29) is 24.5 Å². The van der Waals surface area contributed by atoms with Gasteiger partial charge in [0.1, 0.15) is 5.60 Å². The van der Waals surface area contributed by atoms with Crippen LogP contribution in [-0.4, -0.2) is 45.7 Å². The minimum Gasteiger partial charge on any atom is -0.444 e. The number of aryl methyl sites for hydroxylation is 2. The summed E-state index contributed by atoms with van der Waals surface area (Å²) in [5.74, 6) is -0.443. The fraction of sp³-hybridized carbons (Fsp3) is 0.529. The highest BCUT2D eigenvalue weighted by atomic mass is 32.2. The van der Waals surface area contributed by atoms with E-state index in [1.54, 1.807) is 39.8 Å². The maximum atomic E-state index is 12.3. The van der Waals surface area contributed by atoms with Crippen LogP contribution in [-0.2, 0) is 19.6 Å². The minimum absolute atomic E-state index is 0.0356. The van der Waals surface area contributed by atoms with Gasteiger partial charge in [-0.05, 0) is 51.8 Å². The van der Waals surface area contributed by atoms with Crippen molar-refractivity contribution >= 4 is 22.0 Å². The van der Waals surface area contributed by atoms with Gasteiger partial charge in [0.05, 0.1) is 11.4 Å². The van der Waals surface area contributed by atoms with Crippen molar-refractivity contribution in [1.29, 1.82) is 0 Å². The molecule has 0 fully saturated rings. The number of ether oxygens (including phenoxy) is 1. The fourth-order valence-corrected chi connectivity index (χ4v) is 3.35. The lowest BCUT2D eigenvalue weighted by Crippen LogP contribution is -2.42. The predicted molar refractivity (Wildman–Crippen MR) is 98.4 cm³/mol. The molecule has 1 aromatic carbocycles. The van der Waals surface area contributed by atoms with Crippen molar-refractivity contribution in [3.8, 4) is 0 Å². The second kappa shape index (κ2) is 9.00. The van der Waals surface area contributed by atoms with Crippen LogP contribution in [0.1, 0.15) is 31.9 Å². The Morgan fingerprint density at radius 1 is 1.08 bits per heavy atom. The first-order valence-electron chi connectivity index (χ1n) is 8.21. The summed E-state index contributed by atoms with van der Waals surface area (Å²) in [6.07, 6.45) is -0.691. The first-order chi connectivity index (χ1) is 11.9. The van der Waals surface area contributed by atoms with Crippen LogP contribution in [0, 0.1) is 13.8 Å². The Hall–Kier alpha value is -2.13. The third-order valence-electron chi connectivity index (χ3n) is 3.16. The van der Waals surface area contributed by atoms with E-state index in [9.17, 15) is 18.0 Å². The number of benzene rings is 1. The fourth-order valence-electron chi connectivity index (χ4n) is 1.99. The number of alkyl carbamates (subject to hydrolysis) is 1. The zero-order valence-corrected chi connectivity index (χ0v) is 16.6. The van der Waals surface area contributed by atoms with E-state index >= 15 is 0 Å². The smallest absolute Gasteiger partial charge is 0.408 e. The topological polar surface area (TPSA) is 114 Å². The molecule has 0 aliphatic rings. The van der Waals surface area contributed by atoms with Gasteiger partial charge in [0.15, 0.2) is 0 Å². The van der Waals surface area contributed by atoms with E-state index in [2.05, 4.69) is 15.4 Å². The third-order valence-corrected chi connectivity index (χ3v) is 4.77. The van der Waals surface area contributed by atoms with Gasteiger partial charge < -0.3 is 15.4 Å². The molecule has 0 spiro atoms. The molecular weight excluding hydrogens is 358 g/mol. The average Bonchev–Trinajstić information content (AvgIpc) is 2.50. The lowest BCUT2D eigenvalue weighted by Gasteiger charge is -2.19. The Bertz CT molecular complexity index is 754. The Balaban J connectivity index is 2.38. The molecule has 0 unspecified atom stereocenters. The number of rotatable bonds is 7. The van der Waals surface area contributed by atoms with Crippen LogP contribution < -0.4 is 15.4 Å². The van der Waals surface area contributed by atoms with Gasteiger partial charge >= 0.3 is 6.09 Å². The summed E-state index contributed by atoms with van der Waals surface area (Å²) in [4.78, 5) is 23.3.